The van der Waals surface area contributed by atoms with Crippen LogP contribution in [0.15, 0.2) is 18.2 Å². The van der Waals surface area contributed by atoms with E-state index in [9.17, 15) is 0 Å². The highest BCUT2D eigenvalue weighted by molar-refractivity contribution is 5.15. The lowest BCUT2D eigenvalue weighted by atomic mass is 10.0. The van der Waals surface area contributed by atoms with Crippen molar-refractivity contribution in [3.05, 3.63) is 29.6 Å². The van der Waals surface area contributed by atoms with Crippen molar-refractivity contribution in [1.82, 2.24) is 15.1 Å². The first-order valence-corrected chi connectivity index (χ1v) is 6.49. The summed E-state index contributed by atoms with van der Waals surface area (Å²) in [7, 11) is 2.01. The van der Waals surface area contributed by atoms with Gasteiger partial charge >= 0.3 is 0 Å². The molecule has 1 aromatic heterocycles. The third-order valence-electron chi connectivity index (χ3n) is 3.03. The topological polar surface area (TPSA) is 29.9 Å². The van der Waals surface area contributed by atoms with E-state index in [1.54, 1.807) is 0 Å². The quantitative estimate of drug-likeness (QED) is 0.736. The smallest absolute Gasteiger partial charge is 0.0597 e. The zero-order valence-electron chi connectivity index (χ0n) is 11.6. The Morgan fingerprint density at radius 1 is 1.53 bits per heavy atom. The summed E-state index contributed by atoms with van der Waals surface area (Å²) in [6, 6.07) is 2.50. The molecule has 1 unspecified atom stereocenters. The second-order valence-corrected chi connectivity index (χ2v) is 4.65. The van der Waals surface area contributed by atoms with Crippen LogP contribution < -0.4 is 5.32 Å². The summed E-state index contributed by atoms with van der Waals surface area (Å²) >= 11 is 0. The van der Waals surface area contributed by atoms with Crippen molar-refractivity contribution in [1.29, 1.82) is 0 Å². The second kappa shape index (κ2) is 6.60. The predicted octanol–water partition coefficient (Wildman–Crippen LogP) is 3.13. The summed E-state index contributed by atoms with van der Waals surface area (Å²) < 4.78 is 1.98. The van der Waals surface area contributed by atoms with Gasteiger partial charge in [-0.3, -0.25) is 4.68 Å². The Hall–Kier alpha value is -1.09. The van der Waals surface area contributed by atoms with Crippen LogP contribution in [0, 0.1) is 6.92 Å². The number of hydrogen-bond acceptors (Lipinski definition) is 2. The monoisotopic (exact) mass is 235 g/mol. The molecule has 1 heterocycles. The van der Waals surface area contributed by atoms with E-state index in [0.717, 1.165) is 31.5 Å². The number of nitrogens with zero attached hydrogens (tertiary/aromatic N) is 2. The standard InChI is InChI=1S/C14H25N3/c1-6-8-15-13(9-11(3)7-2)14-10-12(4)16-17(14)5/h10,13,15H,3,6-9H2,1-2,4-5H3. The van der Waals surface area contributed by atoms with Gasteiger partial charge in [0.05, 0.1) is 17.4 Å². The fourth-order valence-electron chi connectivity index (χ4n) is 1.99. The van der Waals surface area contributed by atoms with E-state index in [-0.39, 0.29) is 0 Å². The molecule has 3 nitrogen and oxygen atoms in total. The molecule has 0 radical (unpaired) electrons. The van der Waals surface area contributed by atoms with Gasteiger partial charge in [0.2, 0.25) is 0 Å². The highest BCUT2D eigenvalue weighted by atomic mass is 15.3. The van der Waals surface area contributed by atoms with Crippen LogP contribution in [0.2, 0.25) is 0 Å². The van der Waals surface area contributed by atoms with E-state index < -0.39 is 0 Å². The molecule has 0 aliphatic carbocycles. The van der Waals surface area contributed by atoms with Gasteiger partial charge in [0, 0.05) is 7.05 Å². The van der Waals surface area contributed by atoms with Crippen molar-refractivity contribution in [2.45, 2.75) is 46.1 Å². The van der Waals surface area contributed by atoms with Crippen LogP contribution in [0.1, 0.15) is 50.5 Å². The lowest BCUT2D eigenvalue weighted by molar-refractivity contribution is 0.489. The number of rotatable bonds is 7. The molecule has 1 aromatic rings. The van der Waals surface area contributed by atoms with E-state index in [1.807, 2.05) is 18.7 Å². The van der Waals surface area contributed by atoms with Gasteiger partial charge < -0.3 is 5.32 Å². The number of hydrogen-bond donors (Lipinski definition) is 1. The summed E-state index contributed by atoms with van der Waals surface area (Å²) in [6.45, 7) is 11.5. The van der Waals surface area contributed by atoms with Gasteiger partial charge in [0.15, 0.2) is 0 Å². The van der Waals surface area contributed by atoms with Gasteiger partial charge in [-0.1, -0.05) is 26.0 Å². The minimum atomic E-state index is 0.341. The zero-order valence-corrected chi connectivity index (χ0v) is 11.6. The summed E-state index contributed by atoms with van der Waals surface area (Å²) in [5.74, 6) is 0. The molecular weight excluding hydrogens is 210 g/mol. The maximum absolute atomic E-state index is 4.42. The molecule has 1 atom stereocenters. The van der Waals surface area contributed by atoms with Crippen molar-refractivity contribution in [2.24, 2.45) is 7.05 Å². The molecule has 17 heavy (non-hydrogen) atoms. The first-order valence-electron chi connectivity index (χ1n) is 6.49. The van der Waals surface area contributed by atoms with Crippen molar-refractivity contribution in [3.63, 3.8) is 0 Å². The Morgan fingerprint density at radius 2 is 2.24 bits per heavy atom. The molecule has 0 spiro atoms. The first kappa shape index (κ1) is 14.0. The molecule has 0 aliphatic rings. The molecule has 3 heteroatoms. The van der Waals surface area contributed by atoms with Crippen LogP contribution in [-0.4, -0.2) is 16.3 Å². The first-order chi connectivity index (χ1) is 8.08. The molecule has 0 saturated heterocycles. The lowest BCUT2D eigenvalue weighted by Crippen LogP contribution is -2.24. The maximum atomic E-state index is 4.42. The van der Waals surface area contributed by atoms with Crippen LogP contribution in [0.3, 0.4) is 0 Å². The molecule has 0 saturated carbocycles. The SMILES string of the molecule is C=C(CC)CC(NCCC)c1cc(C)nn1C. The van der Waals surface area contributed by atoms with Crippen LogP contribution in [0.4, 0.5) is 0 Å². The summed E-state index contributed by atoms with van der Waals surface area (Å²) in [6.07, 6.45) is 3.18. The lowest BCUT2D eigenvalue weighted by Gasteiger charge is -2.19. The fraction of sp³-hybridized carbons (Fsp3) is 0.643. The highest BCUT2D eigenvalue weighted by Gasteiger charge is 2.15. The molecule has 0 aromatic carbocycles. The predicted molar refractivity (Wildman–Crippen MR) is 73.0 cm³/mol. The van der Waals surface area contributed by atoms with Gasteiger partial charge in [0.25, 0.3) is 0 Å². The van der Waals surface area contributed by atoms with Gasteiger partial charge in [-0.05, 0) is 38.8 Å². The number of nitrogens with one attached hydrogen (secondary N) is 1. The van der Waals surface area contributed by atoms with E-state index >= 15 is 0 Å². The largest absolute Gasteiger partial charge is 0.308 e. The Kier molecular flexibility index (Phi) is 5.42. The Bertz CT molecular complexity index is 366. The molecule has 0 aliphatic heterocycles. The fourth-order valence-corrected chi connectivity index (χ4v) is 1.99. The minimum absolute atomic E-state index is 0.341. The van der Waals surface area contributed by atoms with E-state index in [2.05, 4.69) is 36.9 Å². The third kappa shape index (κ3) is 4.00. The molecule has 1 rings (SSSR count). The second-order valence-electron chi connectivity index (χ2n) is 4.65. The van der Waals surface area contributed by atoms with Gasteiger partial charge in [0.1, 0.15) is 0 Å². The molecule has 0 amide bonds. The highest BCUT2D eigenvalue weighted by Crippen LogP contribution is 2.22. The van der Waals surface area contributed by atoms with E-state index in [0.29, 0.717) is 6.04 Å². The van der Waals surface area contributed by atoms with Crippen LogP contribution in [0.25, 0.3) is 0 Å². The molecule has 0 fully saturated rings. The van der Waals surface area contributed by atoms with Crippen LogP contribution in [-0.2, 0) is 7.05 Å². The Balaban J connectivity index is 2.81. The molecule has 0 bridgehead atoms. The molecule has 1 N–H and O–H groups in total. The van der Waals surface area contributed by atoms with Crippen LogP contribution in [0.5, 0.6) is 0 Å². The van der Waals surface area contributed by atoms with Crippen molar-refractivity contribution < 1.29 is 0 Å². The number of aromatic nitrogens is 2. The van der Waals surface area contributed by atoms with Gasteiger partial charge in [-0.15, -0.1) is 0 Å². The third-order valence-corrected chi connectivity index (χ3v) is 3.03. The molecular formula is C14H25N3. The molecule has 96 valence electrons. The minimum Gasteiger partial charge on any atom is -0.308 e. The van der Waals surface area contributed by atoms with Crippen molar-refractivity contribution in [2.75, 3.05) is 6.54 Å². The summed E-state index contributed by atoms with van der Waals surface area (Å²) in [5.41, 5.74) is 3.62. The average Bonchev–Trinajstić information content (AvgIpc) is 2.63. The van der Waals surface area contributed by atoms with Crippen LogP contribution >= 0.6 is 0 Å². The average molecular weight is 235 g/mol. The number of aryl methyl sites for hydroxylation is 2. The Morgan fingerprint density at radius 3 is 2.71 bits per heavy atom. The summed E-state index contributed by atoms with van der Waals surface area (Å²) in [5, 5.41) is 8.00. The normalized spacial score (nSPS) is 12.7. The van der Waals surface area contributed by atoms with E-state index in [1.165, 1.54) is 11.3 Å². The Labute approximate surface area is 105 Å². The maximum Gasteiger partial charge on any atom is 0.0597 e. The van der Waals surface area contributed by atoms with Crippen molar-refractivity contribution >= 4 is 0 Å². The van der Waals surface area contributed by atoms with Crippen molar-refractivity contribution in [3.8, 4) is 0 Å². The van der Waals surface area contributed by atoms with Gasteiger partial charge in [-0.2, -0.15) is 5.10 Å². The van der Waals surface area contributed by atoms with Gasteiger partial charge in [-0.25, -0.2) is 0 Å². The zero-order chi connectivity index (χ0) is 12.8. The summed E-state index contributed by atoms with van der Waals surface area (Å²) in [4.78, 5) is 0. The van der Waals surface area contributed by atoms with E-state index in [4.69, 9.17) is 0 Å².